The first-order valence-electron chi connectivity index (χ1n) is 5.58. The van der Waals surface area contributed by atoms with Crippen molar-refractivity contribution in [2.75, 3.05) is 39.1 Å². The average Bonchev–Trinajstić information content (AvgIpc) is 2.26. The predicted molar refractivity (Wildman–Crippen MR) is 68.7 cm³/mol. The van der Waals surface area contributed by atoms with Gasteiger partial charge in [0.2, 0.25) is 0 Å². The molecule has 1 rings (SSSR count). The van der Waals surface area contributed by atoms with Crippen LogP contribution in [0.2, 0.25) is 0 Å². The lowest BCUT2D eigenvalue weighted by molar-refractivity contribution is 0.416. The average molecular weight is 222 g/mol. The standard InChI is InChI=1S/C12H22N4/c1-10(13)11-5-6-14-12(9-11)16(4)8-7-15(2)3/h5-6,9-10H,7-8,13H2,1-4H3. The Morgan fingerprint density at radius 1 is 1.31 bits per heavy atom. The molecule has 0 aliphatic rings. The van der Waals surface area contributed by atoms with Crippen LogP contribution in [0.5, 0.6) is 0 Å². The number of hydrogen-bond donors (Lipinski definition) is 1. The maximum Gasteiger partial charge on any atom is 0.128 e. The van der Waals surface area contributed by atoms with E-state index in [0.717, 1.165) is 24.5 Å². The van der Waals surface area contributed by atoms with E-state index in [1.807, 2.05) is 19.2 Å². The molecule has 2 N–H and O–H groups in total. The molecule has 4 heteroatoms. The molecule has 0 bridgehead atoms. The van der Waals surface area contributed by atoms with Gasteiger partial charge in [-0.25, -0.2) is 4.98 Å². The van der Waals surface area contributed by atoms with Crippen LogP contribution in [0.1, 0.15) is 18.5 Å². The molecule has 0 saturated carbocycles. The first-order valence-corrected chi connectivity index (χ1v) is 5.58. The van der Waals surface area contributed by atoms with E-state index in [1.165, 1.54) is 0 Å². The fraction of sp³-hybridized carbons (Fsp3) is 0.583. The van der Waals surface area contributed by atoms with Crippen LogP contribution in [0.15, 0.2) is 18.3 Å². The molecule has 16 heavy (non-hydrogen) atoms. The normalized spacial score (nSPS) is 12.9. The molecule has 1 atom stereocenters. The van der Waals surface area contributed by atoms with Gasteiger partial charge in [0.1, 0.15) is 5.82 Å². The third-order valence-corrected chi connectivity index (χ3v) is 2.57. The summed E-state index contributed by atoms with van der Waals surface area (Å²) in [6, 6.07) is 4.08. The van der Waals surface area contributed by atoms with E-state index in [1.54, 1.807) is 0 Å². The quantitative estimate of drug-likeness (QED) is 0.810. The highest BCUT2D eigenvalue weighted by Gasteiger charge is 2.05. The Morgan fingerprint density at radius 3 is 2.56 bits per heavy atom. The fourth-order valence-corrected chi connectivity index (χ4v) is 1.39. The second-order valence-corrected chi connectivity index (χ2v) is 4.46. The Kier molecular flexibility index (Phi) is 4.71. The molecule has 0 aromatic carbocycles. The topological polar surface area (TPSA) is 45.4 Å². The van der Waals surface area contributed by atoms with Gasteiger partial charge in [-0.2, -0.15) is 0 Å². The van der Waals surface area contributed by atoms with Crippen LogP contribution >= 0.6 is 0 Å². The van der Waals surface area contributed by atoms with Gasteiger partial charge in [-0.15, -0.1) is 0 Å². The predicted octanol–water partition coefficient (Wildman–Crippen LogP) is 1.10. The van der Waals surface area contributed by atoms with Crippen molar-refractivity contribution in [2.24, 2.45) is 5.73 Å². The zero-order valence-electron chi connectivity index (χ0n) is 10.6. The summed E-state index contributed by atoms with van der Waals surface area (Å²) in [7, 11) is 6.19. The van der Waals surface area contributed by atoms with Gasteiger partial charge < -0.3 is 15.5 Å². The van der Waals surface area contributed by atoms with Crippen molar-refractivity contribution in [3.05, 3.63) is 23.9 Å². The van der Waals surface area contributed by atoms with Crippen molar-refractivity contribution >= 4 is 5.82 Å². The van der Waals surface area contributed by atoms with Gasteiger partial charge >= 0.3 is 0 Å². The molecule has 0 fully saturated rings. The second kappa shape index (κ2) is 5.82. The van der Waals surface area contributed by atoms with Gasteiger partial charge in [-0.05, 0) is 38.7 Å². The van der Waals surface area contributed by atoms with Crippen LogP contribution in [0, 0.1) is 0 Å². The molecule has 0 aliphatic heterocycles. The summed E-state index contributed by atoms with van der Waals surface area (Å²) in [5, 5.41) is 0. The second-order valence-electron chi connectivity index (χ2n) is 4.46. The molecular weight excluding hydrogens is 200 g/mol. The van der Waals surface area contributed by atoms with Crippen molar-refractivity contribution < 1.29 is 0 Å². The molecular formula is C12H22N4. The number of rotatable bonds is 5. The minimum Gasteiger partial charge on any atom is -0.358 e. The van der Waals surface area contributed by atoms with Crippen molar-refractivity contribution in [1.29, 1.82) is 0 Å². The third kappa shape index (κ3) is 3.79. The first kappa shape index (κ1) is 12.9. The van der Waals surface area contributed by atoms with Crippen LogP contribution in [-0.4, -0.2) is 44.1 Å². The maximum absolute atomic E-state index is 5.85. The maximum atomic E-state index is 5.85. The van der Waals surface area contributed by atoms with E-state index in [-0.39, 0.29) is 6.04 Å². The molecule has 90 valence electrons. The van der Waals surface area contributed by atoms with E-state index in [9.17, 15) is 0 Å². The van der Waals surface area contributed by atoms with Gasteiger partial charge in [0.25, 0.3) is 0 Å². The summed E-state index contributed by atoms with van der Waals surface area (Å²) in [4.78, 5) is 8.65. The van der Waals surface area contributed by atoms with Crippen LogP contribution in [-0.2, 0) is 0 Å². The Labute approximate surface area is 98.1 Å². The molecule has 0 spiro atoms. The highest BCUT2D eigenvalue weighted by molar-refractivity contribution is 5.40. The summed E-state index contributed by atoms with van der Waals surface area (Å²) in [6.07, 6.45) is 1.82. The smallest absolute Gasteiger partial charge is 0.128 e. The molecule has 1 heterocycles. The number of nitrogens with two attached hydrogens (primary N) is 1. The first-order chi connectivity index (χ1) is 7.50. The molecule has 1 aromatic heterocycles. The van der Waals surface area contributed by atoms with Gasteiger partial charge in [0.15, 0.2) is 0 Å². The van der Waals surface area contributed by atoms with E-state index >= 15 is 0 Å². The molecule has 0 aliphatic carbocycles. The van der Waals surface area contributed by atoms with Crippen molar-refractivity contribution in [3.63, 3.8) is 0 Å². The monoisotopic (exact) mass is 222 g/mol. The molecule has 1 aromatic rings. The fourth-order valence-electron chi connectivity index (χ4n) is 1.39. The van der Waals surface area contributed by atoms with Crippen LogP contribution in [0.4, 0.5) is 5.82 Å². The molecule has 1 unspecified atom stereocenters. The number of aromatic nitrogens is 1. The van der Waals surface area contributed by atoms with Gasteiger partial charge in [-0.3, -0.25) is 0 Å². The van der Waals surface area contributed by atoms with E-state index in [4.69, 9.17) is 5.73 Å². The van der Waals surface area contributed by atoms with Gasteiger partial charge in [0.05, 0.1) is 0 Å². The molecule has 4 nitrogen and oxygen atoms in total. The summed E-state index contributed by atoms with van der Waals surface area (Å²) in [5.41, 5.74) is 6.98. The molecule has 0 amide bonds. The van der Waals surface area contributed by atoms with E-state index in [2.05, 4.69) is 42.0 Å². The number of anilines is 1. The molecule has 0 radical (unpaired) electrons. The minimum absolute atomic E-state index is 0.0593. The largest absolute Gasteiger partial charge is 0.358 e. The molecule has 0 saturated heterocycles. The number of pyridine rings is 1. The lowest BCUT2D eigenvalue weighted by atomic mass is 10.1. The van der Waals surface area contributed by atoms with Crippen LogP contribution < -0.4 is 10.6 Å². The van der Waals surface area contributed by atoms with Gasteiger partial charge in [-0.1, -0.05) is 0 Å². The third-order valence-electron chi connectivity index (χ3n) is 2.57. The Balaban J connectivity index is 2.68. The summed E-state index contributed by atoms with van der Waals surface area (Å²) in [5.74, 6) is 0.983. The summed E-state index contributed by atoms with van der Waals surface area (Å²) < 4.78 is 0. The zero-order chi connectivity index (χ0) is 12.1. The minimum atomic E-state index is 0.0593. The summed E-state index contributed by atoms with van der Waals surface area (Å²) in [6.45, 7) is 3.96. The number of nitrogens with zero attached hydrogens (tertiary/aromatic N) is 3. The highest BCUT2D eigenvalue weighted by Crippen LogP contribution is 2.15. The van der Waals surface area contributed by atoms with Crippen molar-refractivity contribution in [3.8, 4) is 0 Å². The Morgan fingerprint density at radius 2 is 2.00 bits per heavy atom. The van der Waals surface area contributed by atoms with Crippen LogP contribution in [0.25, 0.3) is 0 Å². The Hall–Kier alpha value is -1.13. The van der Waals surface area contributed by atoms with E-state index < -0.39 is 0 Å². The zero-order valence-corrected chi connectivity index (χ0v) is 10.6. The van der Waals surface area contributed by atoms with Crippen LogP contribution in [0.3, 0.4) is 0 Å². The Bertz CT molecular complexity index is 323. The lowest BCUT2D eigenvalue weighted by Gasteiger charge is -2.21. The SMILES string of the molecule is CC(N)c1ccnc(N(C)CCN(C)C)c1. The van der Waals surface area contributed by atoms with Crippen molar-refractivity contribution in [2.45, 2.75) is 13.0 Å². The number of hydrogen-bond acceptors (Lipinski definition) is 4. The summed E-state index contributed by atoms with van der Waals surface area (Å²) >= 11 is 0. The van der Waals surface area contributed by atoms with Crippen molar-refractivity contribution in [1.82, 2.24) is 9.88 Å². The van der Waals surface area contributed by atoms with Gasteiger partial charge in [0, 0.05) is 32.4 Å². The van der Waals surface area contributed by atoms with E-state index in [0.29, 0.717) is 0 Å². The lowest BCUT2D eigenvalue weighted by Crippen LogP contribution is -2.29. The number of likely N-dealkylation sites (N-methyl/N-ethyl adjacent to an activating group) is 2. The highest BCUT2D eigenvalue weighted by atomic mass is 15.2.